The van der Waals surface area contributed by atoms with Crippen LogP contribution >= 0.6 is 11.8 Å². The summed E-state index contributed by atoms with van der Waals surface area (Å²) < 4.78 is 0. The van der Waals surface area contributed by atoms with E-state index < -0.39 is 0 Å². The maximum Gasteiger partial charge on any atom is 0.264 e. The summed E-state index contributed by atoms with van der Waals surface area (Å²) in [7, 11) is 0. The molecule has 1 amide bonds. The Bertz CT molecular complexity index is 1100. The molecule has 1 aliphatic heterocycles. The highest BCUT2D eigenvalue weighted by Gasteiger charge is 2.23. The number of thioether (sulfide) groups is 1. The summed E-state index contributed by atoms with van der Waals surface area (Å²) in [4.78, 5) is 17.5. The van der Waals surface area contributed by atoms with Crippen molar-refractivity contribution in [2.45, 2.75) is 6.92 Å². The van der Waals surface area contributed by atoms with Gasteiger partial charge in [-0.05, 0) is 58.8 Å². The van der Waals surface area contributed by atoms with Crippen molar-refractivity contribution >= 4 is 45.4 Å². The molecule has 0 aromatic heterocycles. The number of fused-ring (bicyclic) bond motifs is 1. The minimum Gasteiger partial charge on any atom is -0.300 e. The molecule has 0 atom stereocenters. The minimum atomic E-state index is -0.111. The van der Waals surface area contributed by atoms with E-state index in [4.69, 9.17) is 0 Å². The maximum atomic E-state index is 12.3. The van der Waals surface area contributed by atoms with E-state index in [2.05, 4.69) is 28.5 Å². The summed E-state index contributed by atoms with van der Waals surface area (Å²) in [6.45, 7) is 1.99. The number of rotatable bonds is 3. The number of allylic oxidation sites excluding steroid dienone is 2. The second kappa shape index (κ2) is 7.64. The van der Waals surface area contributed by atoms with Crippen LogP contribution in [-0.4, -0.2) is 11.1 Å². The summed E-state index contributed by atoms with van der Waals surface area (Å²) in [5, 5.41) is 5.76. The van der Waals surface area contributed by atoms with Crippen LogP contribution in [-0.2, 0) is 4.79 Å². The van der Waals surface area contributed by atoms with Crippen molar-refractivity contribution in [3.05, 3.63) is 94.9 Å². The van der Waals surface area contributed by atoms with Gasteiger partial charge in [0.25, 0.3) is 5.91 Å². The van der Waals surface area contributed by atoms with Crippen LogP contribution in [0.15, 0.2) is 94.3 Å². The zero-order chi connectivity index (χ0) is 18.6. The van der Waals surface area contributed by atoms with Crippen molar-refractivity contribution in [2.24, 2.45) is 4.99 Å². The fraction of sp³-hybridized carbons (Fsp3) is 0.0435. The topological polar surface area (TPSA) is 41.5 Å². The number of carbonyl (C=O) groups excluding carboxylic acids is 1. The normalized spacial score (nSPS) is 17.7. The molecule has 1 fully saturated rings. The molecule has 3 aromatic rings. The van der Waals surface area contributed by atoms with Crippen LogP contribution in [0.1, 0.15) is 12.5 Å². The molecular formula is C23H18N2OS. The van der Waals surface area contributed by atoms with Gasteiger partial charge in [-0.25, -0.2) is 4.99 Å². The third-order valence-corrected chi connectivity index (χ3v) is 5.08. The van der Waals surface area contributed by atoms with E-state index in [9.17, 15) is 4.79 Å². The Labute approximate surface area is 162 Å². The lowest BCUT2D eigenvalue weighted by molar-refractivity contribution is -0.115. The molecule has 132 valence electrons. The van der Waals surface area contributed by atoms with Crippen LogP contribution in [0.5, 0.6) is 0 Å². The Kier molecular flexibility index (Phi) is 4.90. The van der Waals surface area contributed by atoms with Crippen LogP contribution in [0.2, 0.25) is 0 Å². The average molecular weight is 370 g/mol. The Morgan fingerprint density at radius 1 is 0.963 bits per heavy atom. The van der Waals surface area contributed by atoms with Gasteiger partial charge < -0.3 is 5.32 Å². The number of carbonyl (C=O) groups is 1. The van der Waals surface area contributed by atoms with E-state index in [-0.39, 0.29) is 5.91 Å². The van der Waals surface area contributed by atoms with Gasteiger partial charge in [0.1, 0.15) is 0 Å². The van der Waals surface area contributed by atoms with Crippen molar-refractivity contribution in [3.8, 4) is 0 Å². The van der Waals surface area contributed by atoms with Gasteiger partial charge >= 0.3 is 0 Å². The molecule has 1 aliphatic rings. The first kappa shape index (κ1) is 17.3. The Balaban J connectivity index is 1.55. The van der Waals surface area contributed by atoms with Crippen LogP contribution in [0.25, 0.3) is 16.8 Å². The van der Waals surface area contributed by atoms with E-state index in [1.54, 1.807) is 0 Å². The number of aliphatic imine (C=N–C) groups is 1. The average Bonchev–Trinajstić information content (AvgIpc) is 3.01. The number of nitrogens with zero attached hydrogens (tertiary/aromatic N) is 1. The Hall–Kier alpha value is -3.11. The van der Waals surface area contributed by atoms with Crippen LogP contribution in [0.4, 0.5) is 5.69 Å². The van der Waals surface area contributed by atoms with Crippen molar-refractivity contribution in [2.75, 3.05) is 0 Å². The zero-order valence-corrected chi connectivity index (χ0v) is 15.7. The smallest absolute Gasteiger partial charge is 0.264 e. The molecule has 1 heterocycles. The highest BCUT2D eigenvalue weighted by Crippen LogP contribution is 2.28. The van der Waals surface area contributed by atoms with E-state index in [0.717, 1.165) is 22.2 Å². The number of hydrogen-bond acceptors (Lipinski definition) is 3. The largest absolute Gasteiger partial charge is 0.300 e. The third-order valence-electron chi connectivity index (χ3n) is 4.17. The molecule has 0 spiro atoms. The van der Waals surface area contributed by atoms with Gasteiger partial charge in [-0.3, -0.25) is 4.79 Å². The lowest BCUT2D eigenvalue weighted by Gasteiger charge is -2.00. The molecule has 0 saturated carbocycles. The van der Waals surface area contributed by atoms with E-state index in [0.29, 0.717) is 10.1 Å². The van der Waals surface area contributed by atoms with Crippen molar-refractivity contribution in [1.82, 2.24) is 5.32 Å². The van der Waals surface area contributed by atoms with Crippen LogP contribution < -0.4 is 5.32 Å². The number of hydrogen-bond donors (Lipinski definition) is 1. The number of amides is 1. The lowest BCUT2D eigenvalue weighted by Crippen LogP contribution is -2.19. The highest BCUT2D eigenvalue weighted by molar-refractivity contribution is 8.18. The van der Waals surface area contributed by atoms with Gasteiger partial charge in [0.05, 0.1) is 10.6 Å². The summed E-state index contributed by atoms with van der Waals surface area (Å²) in [6, 6.07) is 24.2. The van der Waals surface area contributed by atoms with Crippen LogP contribution in [0.3, 0.4) is 0 Å². The van der Waals surface area contributed by atoms with E-state index >= 15 is 0 Å². The number of nitrogens with one attached hydrogen (secondary N) is 1. The first-order valence-corrected chi connectivity index (χ1v) is 9.51. The van der Waals surface area contributed by atoms with E-state index in [1.165, 1.54) is 17.1 Å². The minimum absolute atomic E-state index is 0.111. The van der Waals surface area contributed by atoms with Crippen molar-refractivity contribution in [3.63, 3.8) is 0 Å². The lowest BCUT2D eigenvalue weighted by atomic mass is 10.1. The molecule has 0 aliphatic carbocycles. The number of benzene rings is 3. The molecule has 4 heteroatoms. The quantitative estimate of drug-likeness (QED) is 0.603. The molecule has 0 unspecified atom stereocenters. The second-order valence-corrected chi connectivity index (χ2v) is 7.34. The molecule has 1 saturated heterocycles. The third kappa shape index (κ3) is 4.18. The summed E-state index contributed by atoms with van der Waals surface area (Å²) in [5.74, 6) is -0.111. The maximum absolute atomic E-state index is 12.3. The number of amidine groups is 1. The zero-order valence-electron chi connectivity index (χ0n) is 14.8. The highest BCUT2D eigenvalue weighted by atomic mass is 32.2. The van der Waals surface area contributed by atoms with Gasteiger partial charge in [-0.2, -0.15) is 0 Å². The predicted molar refractivity (Wildman–Crippen MR) is 115 cm³/mol. The molecule has 27 heavy (non-hydrogen) atoms. The van der Waals surface area contributed by atoms with Crippen molar-refractivity contribution < 1.29 is 4.79 Å². The molecule has 0 radical (unpaired) electrons. The predicted octanol–water partition coefficient (Wildman–Crippen LogP) is 5.68. The monoisotopic (exact) mass is 370 g/mol. The summed E-state index contributed by atoms with van der Waals surface area (Å²) in [6.07, 6.45) is 3.95. The Morgan fingerprint density at radius 2 is 1.70 bits per heavy atom. The van der Waals surface area contributed by atoms with Gasteiger partial charge in [0, 0.05) is 0 Å². The summed E-state index contributed by atoms with van der Waals surface area (Å²) in [5.41, 5.74) is 2.96. The van der Waals surface area contributed by atoms with E-state index in [1.807, 2.05) is 73.7 Å². The van der Waals surface area contributed by atoms with Gasteiger partial charge in [-0.1, -0.05) is 66.7 Å². The standard InChI is InChI=1S/C23H18N2OS/c1-16(13-17-7-3-2-4-8-17)14-21-22(26)25-23(27-21)24-20-12-11-18-9-5-6-10-19(18)15-20/h2-15H,1H3,(H,24,25,26)/b16-13+,21-14-. The fourth-order valence-electron chi connectivity index (χ4n) is 2.90. The van der Waals surface area contributed by atoms with Gasteiger partial charge in [0.2, 0.25) is 0 Å². The fourth-order valence-corrected chi connectivity index (χ4v) is 3.80. The van der Waals surface area contributed by atoms with Gasteiger partial charge in [0.15, 0.2) is 5.17 Å². The second-order valence-electron chi connectivity index (χ2n) is 6.31. The first-order valence-electron chi connectivity index (χ1n) is 8.69. The molecular weight excluding hydrogens is 352 g/mol. The summed E-state index contributed by atoms with van der Waals surface area (Å²) >= 11 is 1.37. The van der Waals surface area contributed by atoms with Crippen molar-refractivity contribution in [1.29, 1.82) is 0 Å². The first-order chi connectivity index (χ1) is 13.2. The molecule has 4 rings (SSSR count). The molecule has 3 aromatic carbocycles. The Morgan fingerprint density at radius 3 is 2.52 bits per heavy atom. The molecule has 1 N–H and O–H groups in total. The van der Waals surface area contributed by atoms with Gasteiger partial charge in [-0.15, -0.1) is 0 Å². The SMILES string of the molecule is CC(/C=C1\SC(=Nc2ccc3ccccc3c2)NC1=O)=C\c1ccccc1. The van der Waals surface area contributed by atoms with Crippen LogP contribution in [0, 0.1) is 0 Å². The molecule has 0 bridgehead atoms. The molecule has 3 nitrogen and oxygen atoms in total.